The molecular weight excluding hydrogens is 228 g/mol. The van der Waals surface area contributed by atoms with Gasteiger partial charge in [0.2, 0.25) is 0 Å². The molecule has 1 aliphatic carbocycles. The van der Waals surface area contributed by atoms with Crippen molar-refractivity contribution in [3.05, 3.63) is 0 Å². The number of hydrogen-bond acceptors (Lipinski definition) is 3. The first-order chi connectivity index (χ1) is 8.52. The molecule has 0 aromatic rings. The van der Waals surface area contributed by atoms with Crippen LogP contribution in [-0.2, 0) is 4.79 Å². The van der Waals surface area contributed by atoms with E-state index in [1.807, 2.05) is 0 Å². The van der Waals surface area contributed by atoms with Crippen molar-refractivity contribution in [2.24, 2.45) is 11.3 Å². The maximum absolute atomic E-state index is 11.5. The molecule has 0 bridgehead atoms. The molecule has 0 aromatic carbocycles. The fourth-order valence-electron chi connectivity index (χ4n) is 3.69. The summed E-state index contributed by atoms with van der Waals surface area (Å²) in [5.74, 6) is 0.127. The average molecular weight is 254 g/mol. The Bertz CT molecular complexity index is 300. The summed E-state index contributed by atoms with van der Waals surface area (Å²) in [5, 5.41) is 9.48. The summed E-state index contributed by atoms with van der Waals surface area (Å²) >= 11 is 0. The quantitative estimate of drug-likeness (QED) is 0.808. The van der Waals surface area contributed by atoms with Gasteiger partial charge in [-0.1, -0.05) is 12.8 Å². The average Bonchev–Trinajstić information content (AvgIpc) is 2.89. The maximum atomic E-state index is 11.5. The Balaban J connectivity index is 1.85. The lowest BCUT2D eigenvalue weighted by atomic mass is 9.85. The van der Waals surface area contributed by atoms with E-state index in [4.69, 9.17) is 0 Å². The van der Waals surface area contributed by atoms with Crippen LogP contribution in [-0.4, -0.2) is 61.2 Å². The van der Waals surface area contributed by atoms with Crippen molar-refractivity contribution in [3.63, 3.8) is 0 Å². The van der Waals surface area contributed by atoms with Crippen LogP contribution in [0, 0.1) is 11.3 Å². The molecule has 0 radical (unpaired) electrons. The number of rotatable bonds is 5. The van der Waals surface area contributed by atoms with E-state index < -0.39 is 11.4 Å². The molecule has 0 amide bonds. The molecule has 2 aliphatic rings. The van der Waals surface area contributed by atoms with Gasteiger partial charge in [0, 0.05) is 19.6 Å². The zero-order valence-corrected chi connectivity index (χ0v) is 11.7. The minimum Gasteiger partial charge on any atom is -0.481 e. The first-order valence-electron chi connectivity index (χ1n) is 7.12. The predicted octanol–water partition coefficient (Wildman–Crippen LogP) is 1.51. The minimum atomic E-state index is -0.588. The summed E-state index contributed by atoms with van der Waals surface area (Å²) in [4.78, 5) is 16.1. The van der Waals surface area contributed by atoms with Crippen LogP contribution in [0.5, 0.6) is 0 Å². The third kappa shape index (κ3) is 3.04. The lowest BCUT2D eigenvalue weighted by Crippen LogP contribution is -2.41. The highest BCUT2D eigenvalue weighted by molar-refractivity contribution is 5.75. The number of carbonyl (C=O) groups is 1. The summed E-state index contributed by atoms with van der Waals surface area (Å²) in [6, 6.07) is 0. The first-order valence-corrected chi connectivity index (χ1v) is 7.12. The van der Waals surface area contributed by atoms with E-state index in [-0.39, 0.29) is 0 Å². The van der Waals surface area contributed by atoms with Crippen LogP contribution < -0.4 is 0 Å². The van der Waals surface area contributed by atoms with Gasteiger partial charge >= 0.3 is 5.97 Å². The van der Waals surface area contributed by atoms with Crippen molar-refractivity contribution in [2.75, 3.05) is 40.3 Å². The molecule has 0 aromatic heterocycles. The van der Waals surface area contributed by atoms with E-state index in [1.54, 1.807) is 0 Å². The largest absolute Gasteiger partial charge is 0.481 e. The topological polar surface area (TPSA) is 43.8 Å². The van der Waals surface area contributed by atoms with E-state index >= 15 is 0 Å². The molecule has 1 heterocycles. The summed E-state index contributed by atoms with van der Waals surface area (Å²) in [5.41, 5.74) is -0.459. The maximum Gasteiger partial charge on any atom is 0.310 e. The van der Waals surface area contributed by atoms with Crippen molar-refractivity contribution in [3.8, 4) is 0 Å². The molecule has 1 atom stereocenters. The van der Waals surface area contributed by atoms with Crippen LogP contribution in [0.3, 0.4) is 0 Å². The number of carboxylic acids is 1. The molecular formula is C14H26N2O2. The Morgan fingerprint density at radius 3 is 2.61 bits per heavy atom. The second-order valence-corrected chi connectivity index (χ2v) is 6.41. The molecule has 1 saturated heterocycles. The van der Waals surface area contributed by atoms with Crippen molar-refractivity contribution >= 4 is 5.97 Å². The highest BCUT2D eigenvalue weighted by Gasteiger charge is 2.42. The van der Waals surface area contributed by atoms with Crippen LogP contribution in [0.15, 0.2) is 0 Å². The minimum absolute atomic E-state index is 0.459. The Morgan fingerprint density at radius 2 is 2.11 bits per heavy atom. The van der Waals surface area contributed by atoms with Crippen molar-refractivity contribution in [2.45, 2.75) is 32.1 Å². The second-order valence-electron chi connectivity index (χ2n) is 6.41. The summed E-state index contributed by atoms with van der Waals surface area (Å²) < 4.78 is 0. The number of aliphatic carboxylic acids is 1. The smallest absolute Gasteiger partial charge is 0.310 e. The van der Waals surface area contributed by atoms with Gasteiger partial charge in [-0.2, -0.15) is 0 Å². The van der Waals surface area contributed by atoms with Crippen molar-refractivity contribution in [1.29, 1.82) is 0 Å². The zero-order valence-electron chi connectivity index (χ0n) is 11.7. The van der Waals surface area contributed by atoms with Gasteiger partial charge in [0.25, 0.3) is 0 Å². The van der Waals surface area contributed by atoms with Gasteiger partial charge in [0.1, 0.15) is 0 Å². The molecule has 2 rings (SSSR count). The Hall–Kier alpha value is -0.610. The van der Waals surface area contributed by atoms with E-state index in [0.717, 1.165) is 45.3 Å². The van der Waals surface area contributed by atoms with E-state index in [1.165, 1.54) is 13.0 Å². The van der Waals surface area contributed by atoms with Crippen LogP contribution in [0.4, 0.5) is 0 Å². The zero-order chi connectivity index (χ0) is 13.2. The van der Waals surface area contributed by atoms with E-state index in [0.29, 0.717) is 5.92 Å². The van der Waals surface area contributed by atoms with Gasteiger partial charge in [-0.15, -0.1) is 0 Å². The molecule has 1 saturated carbocycles. The van der Waals surface area contributed by atoms with Crippen LogP contribution in [0.25, 0.3) is 0 Å². The van der Waals surface area contributed by atoms with E-state index in [2.05, 4.69) is 23.9 Å². The number of nitrogens with zero attached hydrogens (tertiary/aromatic N) is 2. The molecule has 4 heteroatoms. The van der Waals surface area contributed by atoms with Gasteiger partial charge in [-0.05, 0) is 45.8 Å². The van der Waals surface area contributed by atoms with Crippen LogP contribution in [0.1, 0.15) is 32.1 Å². The predicted molar refractivity (Wildman–Crippen MR) is 71.6 cm³/mol. The lowest BCUT2D eigenvalue weighted by molar-refractivity contribution is -0.149. The summed E-state index contributed by atoms with van der Waals surface area (Å²) in [6.45, 7) is 4.11. The standard InChI is InChI=1S/C14H26N2O2/c1-15-8-5-12(9-15)10-16(2)11-14(13(17)18)6-3-4-7-14/h12H,3-11H2,1-2H3,(H,17,18). The second kappa shape index (κ2) is 5.57. The molecule has 104 valence electrons. The Kier molecular flexibility index (Phi) is 4.28. The molecule has 1 N–H and O–H groups in total. The normalized spacial score (nSPS) is 28.1. The van der Waals surface area contributed by atoms with Crippen molar-refractivity contribution < 1.29 is 9.90 Å². The highest BCUT2D eigenvalue weighted by atomic mass is 16.4. The third-order valence-corrected chi connectivity index (χ3v) is 4.65. The van der Waals surface area contributed by atoms with Gasteiger partial charge < -0.3 is 14.9 Å². The van der Waals surface area contributed by atoms with Crippen LogP contribution in [0.2, 0.25) is 0 Å². The monoisotopic (exact) mass is 254 g/mol. The molecule has 1 aliphatic heterocycles. The molecule has 0 spiro atoms. The van der Waals surface area contributed by atoms with Gasteiger partial charge in [0.15, 0.2) is 0 Å². The number of likely N-dealkylation sites (tertiary alicyclic amines) is 1. The number of hydrogen-bond donors (Lipinski definition) is 1. The molecule has 2 fully saturated rings. The first kappa shape index (κ1) is 13.8. The van der Waals surface area contributed by atoms with Gasteiger partial charge in [-0.25, -0.2) is 0 Å². The molecule has 4 nitrogen and oxygen atoms in total. The fraction of sp³-hybridized carbons (Fsp3) is 0.929. The summed E-state index contributed by atoms with van der Waals surface area (Å²) in [7, 11) is 4.25. The fourth-order valence-corrected chi connectivity index (χ4v) is 3.69. The summed E-state index contributed by atoms with van der Waals surface area (Å²) in [6.07, 6.45) is 5.12. The molecule has 1 unspecified atom stereocenters. The highest BCUT2D eigenvalue weighted by Crippen LogP contribution is 2.39. The third-order valence-electron chi connectivity index (χ3n) is 4.65. The van der Waals surface area contributed by atoms with E-state index in [9.17, 15) is 9.90 Å². The van der Waals surface area contributed by atoms with Gasteiger partial charge in [-0.3, -0.25) is 4.79 Å². The Labute approximate surface area is 110 Å². The SMILES string of the molecule is CN1CCC(CN(C)CC2(C(=O)O)CCCC2)C1. The Morgan fingerprint density at radius 1 is 1.44 bits per heavy atom. The van der Waals surface area contributed by atoms with Gasteiger partial charge in [0.05, 0.1) is 5.41 Å². The van der Waals surface area contributed by atoms with Crippen LogP contribution >= 0.6 is 0 Å². The van der Waals surface area contributed by atoms with Crippen molar-refractivity contribution in [1.82, 2.24) is 9.80 Å². The molecule has 18 heavy (non-hydrogen) atoms. The lowest BCUT2D eigenvalue weighted by Gasteiger charge is -2.31. The number of carboxylic acid groups (broad SMARTS) is 1.